The Kier molecular flexibility index (Phi) is 7.63. The van der Waals surface area contributed by atoms with E-state index >= 15 is 0 Å². The second kappa shape index (κ2) is 10.2. The smallest absolute Gasteiger partial charge is 0.247 e. The average molecular weight is 435 g/mol. The van der Waals surface area contributed by atoms with Crippen LogP contribution in [0.3, 0.4) is 0 Å². The molecular formula is C21H30N4O4S. The number of anilines is 1. The first-order valence-electron chi connectivity index (χ1n) is 10.4. The molecule has 2 aliphatic rings. The topological polar surface area (TPSA) is 90.0 Å². The lowest BCUT2D eigenvalue weighted by Crippen LogP contribution is -2.51. The lowest BCUT2D eigenvalue weighted by Gasteiger charge is -2.34. The molecule has 3 rings (SSSR count). The fourth-order valence-corrected chi connectivity index (χ4v) is 5.25. The maximum atomic E-state index is 12.9. The van der Waals surface area contributed by atoms with Crippen LogP contribution in [0.4, 0.5) is 5.69 Å². The maximum absolute atomic E-state index is 12.9. The van der Waals surface area contributed by atoms with Crippen molar-refractivity contribution in [2.24, 2.45) is 0 Å². The van der Waals surface area contributed by atoms with Crippen LogP contribution in [0.15, 0.2) is 41.8 Å². The molecule has 30 heavy (non-hydrogen) atoms. The maximum Gasteiger partial charge on any atom is 0.247 e. The van der Waals surface area contributed by atoms with Crippen LogP contribution in [-0.2, 0) is 19.6 Å². The number of nitrogens with one attached hydrogen (secondary N) is 1. The first-order chi connectivity index (χ1) is 14.4. The SMILES string of the molecule is C=CC(=O)Nc1ccc(S(=O)(=O)N2CCN(C(=O)CCN3CCCCC3)CC2)cc1. The molecule has 9 heteroatoms. The standard InChI is InChI=1S/C21H30N4O4S/c1-2-20(26)22-18-6-8-19(9-7-18)30(28,29)25-16-14-24(15-17-25)21(27)10-13-23-11-4-3-5-12-23/h2,6-9H,1,3-5,10-17H2,(H,22,26). The molecule has 1 aromatic carbocycles. The monoisotopic (exact) mass is 434 g/mol. The minimum atomic E-state index is -3.64. The Morgan fingerprint density at radius 2 is 1.60 bits per heavy atom. The number of carbonyl (C=O) groups excluding carboxylic acids is 2. The Hall–Kier alpha value is -2.23. The number of likely N-dealkylation sites (tertiary alicyclic amines) is 1. The van der Waals surface area contributed by atoms with Gasteiger partial charge in [-0.2, -0.15) is 4.31 Å². The molecule has 2 amide bonds. The molecule has 0 aromatic heterocycles. The third kappa shape index (κ3) is 5.68. The number of piperidine rings is 1. The summed E-state index contributed by atoms with van der Waals surface area (Å²) in [5.74, 6) is -0.258. The molecule has 1 aromatic rings. The minimum Gasteiger partial charge on any atom is -0.340 e. The van der Waals surface area contributed by atoms with Crippen LogP contribution in [0.5, 0.6) is 0 Å². The lowest BCUT2D eigenvalue weighted by atomic mass is 10.1. The molecule has 2 heterocycles. The third-order valence-electron chi connectivity index (χ3n) is 5.63. The normalized spacial score (nSPS) is 18.7. The Morgan fingerprint density at radius 3 is 2.20 bits per heavy atom. The number of hydrogen-bond acceptors (Lipinski definition) is 5. The first-order valence-corrected chi connectivity index (χ1v) is 11.9. The van der Waals surface area contributed by atoms with Gasteiger partial charge in [0.1, 0.15) is 0 Å². The zero-order valence-corrected chi connectivity index (χ0v) is 18.1. The van der Waals surface area contributed by atoms with E-state index in [9.17, 15) is 18.0 Å². The Balaban J connectivity index is 1.51. The largest absolute Gasteiger partial charge is 0.340 e. The van der Waals surface area contributed by atoms with Gasteiger partial charge < -0.3 is 15.1 Å². The van der Waals surface area contributed by atoms with E-state index in [0.717, 1.165) is 25.7 Å². The van der Waals surface area contributed by atoms with Gasteiger partial charge in [0.15, 0.2) is 0 Å². The highest BCUT2D eigenvalue weighted by Gasteiger charge is 2.30. The van der Waals surface area contributed by atoms with E-state index in [-0.39, 0.29) is 29.8 Å². The van der Waals surface area contributed by atoms with Gasteiger partial charge in [-0.05, 0) is 56.3 Å². The zero-order valence-electron chi connectivity index (χ0n) is 17.3. The van der Waals surface area contributed by atoms with Crippen LogP contribution >= 0.6 is 0 Å². The summed E-state index contributed by atoms with van der Waals surface area (Å²) in [4.78, 5) is 28.1. The second-order valence-corrected chi connectivity index (χ2v) is 9.59. The first kappa shape index (κ1) is 22.5. The van der Waals surface area contributed by atoms with Gasteiger partial charge in [0, 0.05) is 44.8 Å². The fraction of sp³-hybridized carbons (Fsp3) is 0.524. The van der Waals surface area contributed by atoms with Crippen molar-refractivity contribution in [1.82, 2.24) is 14.1 Å². The second-order valence-electron chi connectivity index (χ2n) is 7.65. The van der Waals surface area contributed by atoms with E-state index < -0.39 is 10.0 Å². The van der Waals surface area contributed by atoms with E-state index in [0.29, 0.717) is 25.2 Å². The molecule has 164 valence electrons. The van der Waals surface area contributed by atoms with Crippen molar-refractivity contribution >= 4 is 27.5 Å². The summed E-state index contributed by atoms with van der Waals surface area (Å²) in [5.41, 5.74) is 0.503. The number of amides is 2. The molecular weight excluding hydrogens is 404 g/mol. The molecule has 0 aliphatic carbocycles. The summed E-state index contributed by atoms with van der Waals surface area (Å²) < 4.78 is 27.2. The fourth-order valence-electron chi connectivity index (χ4n) is 3.83. The molecule has 0 unspecified atom stereocenters. The summed E-state index contributed by atoms with van der Waals surface area (Å²) in [7, 11) is -3.64. The Bertz CT molecular complexity index is 855. The van der Waals surface area contributed by atoms with E-state index in [1.54, 1.807) is 17.0 Å². The summed E-state index contributed by atoms with van der Waals surface area (Å²) in [6, 6.07) is 6.05. The number of benzene rings is 1. The van der Waals surface area contributed by atoms with Crippen molar-refractivity contribution in [3.8, 4) is 0 Å². The lowest BCUT2D eigenvalue weighted by molar-refractivity contribution is -0.132. The Labute approximate surface area is 178 Å². The van der Waals surface area contributed by atoms with Gasteiger partial charge in [0.05, 0.1) is 4.90 Å². The summed E-state index contributed by atoms with van der Waals surface area (Å²) >= 11 is 0. The van der Waals surface area contributed by atoms with Crippen molar-refractivity contribution in [3.05, 3.63) is 36.9 Å². The van der Waals surface area contributed by atoms with Crippen LogP contribution in [0.25, 0.3) is 0 Å². The van der Waals surface area contributed by atoms with Gasteiger partial charge in [-0.15, -0.1) is 0 Å². The quantitative estimate of drug-likeness (QED) is 0.657. The van der Waals surface area contributed by atoms with Gasteiger partial charge >= 0.3 is 0 Å². The molecule has 0 radical (unpaired) electrons. The third-order valence-corrected chi connectivity index (χ3v) is 7.54. The molecule has 0 bridgehead atoms. The van der Waals surface area contributed by atoms with Crippen molar-refractivity contribution < 1.29 is 18.0 Å². The average Bonchev–Trinajstić information content (AvgIpc) is 2.78. The van der Waals surface area contributed by atoms with Crippen LogP contribution < -0.4 is 5.32 Å². The van der Waals surface area contributed by atoms with Crippen molar-refractivity contribution in [1.29, 1.82) is 0 Å². The summed E-state index contributed by atoms with van der Waals surface area (Å²) in [6.45, 7) is 7.68. The van der Waals surface area contributed by atoms with E-state index in [4.69, 9.17) is 0 Å². The van der Waals surface area contributed by atoms with Crippen LogP contribution in [0.1, 0.15) is 25.7 Å². The van der Waals surface area contributed by atoms with Crippen molar-refractivity contribution in [2.75, 3.05) is 51.1 Å². The predicted molar refractivity (Wildman–Crippen MR) is 116 cm³/mol. The van der Waals surface area contributed by atoms with E-state index in [1.807, 2.05) is 0 Å². The van der Waals surface area contributed by atoms with Crippen LogP contribution in [-0.4, -0.2) is 80.2 Å². The zero-order chi connectivity index (χ0) is 21.6. The molecule has 0 spiro atoms. The van der Waals surface area contributed by atoms with Crippen molar-refractivity contribution in [3.63, 3.8) is 0 Å². The predicted octanol–water partition coefficient (Wildman–Crippen LogP) is 1.52. The molecule has 2 saturated heterocycles. The van der Waals surface area contributed by atoms with Crippen LogP contribution in [0, 0.1) is 0 Å². The molecule has 2 aliphatic heterocycles. The van der Waals surface area contributed by atoms with Gasteiger partial charge in [0.25, 0.3) is 0 Å². The highest BCUT2D eigenvalue weighted by atomic mass is 32.2. The summed E-state index contributed by atoms with van der Waals surface area (Å²) in [5, 5.41) is 2.59. The van der Waals surface area contributed by atoms with Gasteiger partial charge in [-0.1, -0.05) is 13.0 Å². The Morgan fingerprint density at radius 1 is 0.967 bits per heavy atom. The summed E-state index contributed by atoms with van der Waals surface area (Å²) in [6.07, 6.45) is 5.31. The highest BCUT2D eigenvalue weighted by molar-refractivity contribution is 7.89. The molecule has 2 fully saturated rings. The minimum absolute atomic E-state index is 0.0972. The molecule has 8 nitrogen and oxygen atoms in total. The van der Waals surface area contributed by atoms with Crippen LogP contribution in [0.2, 0.25) is 0 Å². The number of hydrogen-bond donors (Lipinski definition) is 1. The van der Waals surface area contributed by atoms with Gasteiger partial charge in [0.2, 0.25) is 21.8 Å². The number of sulfonamides is 1. The number of nitrogens with zero attached hydrogens (tertiary/aromatic N) is 3. The highest BCUT2D eigenvalue weighted by Crippen LogP contribution is 2.20. The number of piperazine rings is 1. The molecule has 1 N–H and O–H groups in total. The molecule has 0 saturated carbocycles. The van der Waals surface area contributed by atoms with Gasteiger partial charge in [-0.3, -0.25) is 9.59 Å². The van der Waals surface area contributed by atoms with Crippen molar-refractivity contribution in [2.45, 2.75) is 30.6 Å². The van der Waals surface area contributed by atoms with E-state index in [2.05, 4.69) is 16.8 Å². The molecule has 0 atom stereocenters. The van der Waals surface area contributed by atoms with Gasteiger partial charge in [-0.25, -0.2) is 8.42 Å². The van der Waals surface area contributed by atoms with E-state index in [1.165, 1.54) is 35.7 Å². The number of carbonyl (C=O) groups is 2. The number of rotatable bonds is 7.